The number of nitrogens with one attached hydrogen (secondary N) is 1. The van der Waals surface area contributed by atoms with Gasteiger partial charge in [0.25, 0.3) is 0 Å². The van der Waals surface area contributed by atoms with Crippen molar-refractivity contribution >= 4 is 38.9 Å². The van der Waals surface area contributed by atoms with E-state index in [4.69, 9.17) is 21.1 Å². The lowest BCUT2D eigenvalue weighted by molar-refractivity contribution is 0.222. The summed E-state index contributed by atoms with van der Waals surface area (Å²) in [6, 6.07) is 10.3. The van der Waals surface area contributed by atoms with Crippen molar-refractivity contribution in [1.82, 2.24) is 0 Å². The standard InChI is InChI=1S/C23H30BrClN2O2/c1-4-28-22-13-17(12-19(24)23(22)29-16(2)3)15-26-18-8-9-21(20(25)14-18)27-10-6-5-7-11-27/h8-9,12-14,16,26H,4-7,10-11,15H2,1-3H3. The van der Waals surface area contributed by atoms with Gasteiger partial charge >= 0.3 is 0 Å². The van der Waals surface area contributed by atoms with Crippen LogP contribution in [0.15, 0.2) is 34.8 Å². The minimum absolute atomic E-state index is 0.0787. The fraction of sp³-hybridized carbons (Fsp3) is 0.478. The average molecular weight is 482 g/mol. The molecule has 1 fully saturated rings. The van der Waals surface area contributed by atoms with Crippen LogP contribution < -0.4 is 19.7 Å². The van der Waals surface area contributed by atoms with Gasteiger partial charge < -0.3 is 19.7 Å². The summed E-state index contributed by atoms with van der Waals surface area (Å²) >= 11 is 10.2. The molecule has 1 aliphatic rings. The number of ether oxygens (including phenoxy) is 2. The summed E-state index contributed by atoms with van der Waals surface area (Å²) in [5.74, 6) is 1.50. The minimum Gasteiger partial charge on any atom is -0.490 e. The molecule has 0 amide bonds. The fourth-order valence-corrected chi connectivity index (χ4v) is 4.43. The summed E-state index contributed by atoms with van der Waals surface area (Å²) in [5, 5.41) is 4.27. The summed E-state index contributed by atoms with van der Waals surface area (Å²) in [5.41, 5.74) is 3.24. The maximum atomic E-state index is 6.58. The van der Waals surface area contributed by atoms with E-state index in [9.17, 15) is 0 Å². The number of piperidine rings is 1. The van der Waals surface area contributed by atoms with Crippen molar-refractivity contribution in [1.29, 1.82) is 0 Å². The first kappa shape index (κ1) is 22.1. The molecule has 1 N–H and O–H groups in total. The third-order valence-corrected chi connectivity index (χ3v) is 5.76. The van der Waals surface area contributed by atoms with Crippen molar-refractivity contribution in [2.45, 2.75) is 52.7 Å². The number of nitrogens with zero attached hydrogens (tertiary/aromatic N) is 1. The van der Waals surface area contributed by atoms with Gasteiger partial charge in [-0.2, -0.15) is 0 Å². The maximum absolute atomic E-state index is 6.58. The molecule has 1 aliphatic heterocycles. The number of benzene rings is 2. The fourth-order valence-electron chi connectivity index (χ4n) is 3.55. The molecule has 0 saturated carbocycles. The Bertz CT molecular complexity index is 823. The van der Waals surface area contributed by atoms with Gasteiger partial charge in [-0.1, -0.05) is 11.6 Å². The molecular weight excluding hydrogens is 452 g/mol. The molecule has 0 spiro atoms. The molecule has 0 radical (unpaired) electrons. The topological polar surface area (TPSA) is 33.7 Å². The van der Waals surface area contributed by atoms with Crippen LogP contribution in [0.1, 0.15) is 45.6 Å². The lowest BCUT2D eigenvalue weighted by atomic mass is 10.1. The van der Waals surface area contributed by atoms with E-state index < -0.39 is 0 Å². The molecule has 3 rings (SSSR count). The van der Waals surface area contributed by atoms with E-state index in [2.05, 4.69) is 44.3 Å². The molecular formula is C23H30BrClN2O2. The SMILES string of the molecule is CCOc1cc(CNc2ccc(N3CCCCC3)c(Cl)c2)cc(Br)c1OC(C)C. The molecule has 158 valence electrons. The summed E-state index contributed by atoms with van der Waals surface area (Å²) in [4.78, 5) is 2.38. The second kappa shape index (κ2) is 10.4. The zero-order chi connectivity index (χ0) is 20.8. The van der Waals surface area contributed by atoms with Crippen molar-refractivity contribution in [3.63, 3.8) is 0 Å². The quantitative estimate of drug-likeness (QED) is 0.445. The molecule has 0 aromatic heterocycles. The van der Waals surface area contributed by atoms with Gasteiger partial charge in [-0.15, -0.1) is 0 Å². The van der Waals surface area contributed by atoms with Crippen LogP contribution in [0.25, 0.3) is 0 Å². The Hall–Kier alpha value is -1.59. The van der Waals surface area contributed by atoms with Crippen LogP contribution in [-0.2, 0) is 6.54 Å². The molecule has 1 heterocycles. The first-order chi connectivity index (χ1) is 14.0. The Kier molecular flexibility index (Phi) is 7.96. The lowest BCUT2D eigenvalue weighted by Gasteiger charge is -2.29. The first-order valence-corrected chi connectivity index (χ1v) is 11.5. The van der Waals surface area contributed by atoms with Gasteiger partial charge in [0.05, 0.1) is 27.9 Å². The second-order valence-corrected chi connectivity index (χ2v) is 8.83. The minimum atomic E-state index is 0.0787. The van der Waals surface area contributed by atoms with Gasteiger partial charge in [0.1, 0.15) is 0 Å². The van der Waals surface area contributed by atoms with Crippen molar-refractivity contribution in [3.05, 3.63) is 45.4 Å². The average Bonchev–Trinajstić information content (AvgIpc) is 2.70. The Morgan fingerprint density at radius 2 is 1.90 bits per heavy atom. The third-order valence-electron chi connectivity index (χ3n) is 4.86. The van der Waals surface area contributed by atoms with Crippen LogP contribution in [-0.4, -0.2) is 25.8 Å². The van der Waals surface area contributed by atoms with Gasteiger partial charge in [-0.3, -0.25) is 0 Å². The van der Waals surface area contributed by atoms with E-state index in [0.717, 1.165) is 51.0 Å². The Morgan fingerprint density at radius 3 is 2.55 bits per heavy atom. The molecule has 0 unspecified atom stereocenters. The molecule has 4 nitrogen and oxygen atoms in total. The van der Waals surface area contributed by atoms with Gasteiger partial charge in [0, 0.05) is 25.3 Å². The Balaban J connectivity index is 1.71. The predicted octanol–water partition coefficient (Wildman–Crippen LogP) is 6.89. The molecule has 0 aliphatic carbocycles. The zero-order valence-electron chi connectivity index (χ0n) is 17.4. The summed E-state index contributed by atoms with van der Waals surface area (Å²) in [6.45, 7) is 9.43. The van der Waals surface area contributed by atoms with E-state index in [1.807, 2.05) is 32.9 Å². The van der Waals surface area contributed by atoms with E-state index in [0.29, 0.717) is 13.2 Å². The van der Waals surface area contributed by atoms with Crippen molar-refractivity contribution in [2.24, 2.45) is 0 Å². The number of halogens is 2. The highest BCUT2D eigenvalue weighted by Crippen LogP contribution is 2.38. The summed E-state index contributed by atoms with van der Waals surface area (Å²) < 4.78 is 12.6. The molecule has 0 bridgehead atoms. The van der Waals surface area contributed by atoms with Crippen LogP contribution in [0, 0.1) is 0 Å². The maximum Gasteiger partial charge on any atom is 0.175 e. The van der Waals surface area contributed by atoms with Crippen molar-refractivity contribution in [2.75, 3.05) is 29.9 Å². The van der Waals surface area contributed by atoms with Crippen molar-refractivity contribution < 1.29 is 9.47 Å². The van der Waals surface area contributed by atoms with E-state index in [1.165, 1.54) is 19.3 Å². The van der Waals surface area contributed by atoms with E-state index in [-0.39, 0.29) is 6.10 Å². The van der Waals surface area contributed by atoms with Crippen LogP contribution >= 0.6 is 27.5 Å². The molecule has 2 aromatic rings. The predicted molar refractivity (Wildman–Crippen MR) is 126 cm³/mol. The summed E-state index contributed by atoms with van der Waals surface area (Å²) in [6.07, 6.45) is 3.87. The van der Waals surface area contributed by atoms with Gasteiger partial charge in [-0.05, 0) is 91.9 Å². The van der Waals surface area contributed by atoms with E-state index in [1.54, 1.807) is 0 Å². The van der Waals surface area contributed by atoms with Crippen LogP contribution in [0.3, 0.4) is 0 Å². The highest BCUT2D eigenvalue weighted by atomic mass is 79.9. The smallest absolute Gasteiger partial charge is 0.175 e. The molecule has 2 aromatic carbocycles. The lowest BCUT2D eigenvalue weighted by Crippen LogP contribution is -2.29. The highest BCUT2D eigenvalue weighted by Gasteiger charge is 2.15. The number of anilines is 2. The van der Waals surface area contributed by atoms with Gasteiger partial charge in [0.2, 0.25) is 0 Å². The molecule has 0 atom stereocenters. The van der Waals surface area contributed by atoms with Crippen LogP contribution in [0.5, 0.6) is 11.5 Å². The third kappa shape index (κ3) is 5.95. The van der Waals surface area contributed by atoms with Crippen molar-refractivity contribution in [3.8, 4) is 11.5 Å². The molecule has 29 heavy (non-hydrogen) atoms. The van der Waals surface area contributed by atoms with Gasteiger partial charge in [0.15, 0.2) is 11.5 Å². The van der Waals surface area contributed by atoms with Crippen LogP contribution in [0.4, 0.5) is 11.4 Å². The molecule has 6 heteroatoms. The van der Waals surface area contributed by atoms with Gasteiger partial charge in [-0.25, -0.2) is 0 Å². The Morgan fingerprint density at radius 1 is 1.14 bits per heavy atom. The molecule has 1 saturated heterocycles. The number of rotatable bonds is 8. The summed E-state index contributed by atoms with van der Waals surface area (Å²) in [7, 11) is 0. The zero-order valence-corrected chi connectivity index (χ0v) is 19.8. The largest absolute Gasteiger partial charge is 0.490 e. The highest BCUT2D eigenvalue weighted by molar-refractivity contribution is 9.10. The van der Waals surface area contributed by atoms with E-state index >= 15 is 0 Å². The second-order valence-electron chi connectivity index (χ2n) is 7.57. The van der Waals surface area contributed by atoms with Crippen LogP contribution in [0.2, 0.25) is 5.02 Å². The normalized spacial score (nSPS) is 14.2. The number of hydrogen-bond acceptors (Lipinski definition) is 4. The monoisotopic (exact) mass is 480 g/mol. The first-order valence-electron chi connectivity index (χ1n) is 10.4. The number of hydrogen-bond donors (Lipinski definition) is 1. The Labute approximate surface area is 187 Å².